The molecule has 0 fully saturated rings. The first-order valence-corrected chi connectivity index (χ1v) is 10.9. The van der Waals surface area contributed by atoms with Crippen molar-refractivity contribution in [1.29, 1.82) is 0 Å². The summed E-state index contributed by atoms with van der Waals surface area (Å²) in [4.78, 5) is 24.8. The molecule has 0 radical (unpaired) electrons. The highest BCUT2D eigenvalue weighted by atomic mass is 32.3. The summed E-state index contributed by atoms with van der Waals surface area (Å²) in [6, 6.07) is 15.7. The molecule has 1 aromatic heterocycles. The lowest BCUT2D eigenvalue weighted by atomic mass is 10.2. The van der Waals surface area contributed by atoms with Gasteiger partial charge in [0.25, 0.3) is 5.56 Å². The zero-order valence-corrected chi connectivity index (χ0v) is 17.4. The number of aromatic hydroxyl groups is 1. The van der Waals surface area contributed by atoms with E-state index in [1.807, 2.05) is 6.92 Å². The van der Waals surface area contributed by atoms with E-state index < -0.39 is 39.6 Å². The van der Waals surface area contributed by atoms with Crippen LogP contribution in [0.25, 0.3) is 5.69 Å². The van der Waals surface area contributed by atoms with Crippen molar-refractivity contribution in [2.24, 2.45) is 0 Å². The molecule has 0 aliphatic heterocycles. The molecule has 30 heavy (non-hydrogen) atoms. The zero-order chi connectivity index (χ0) is 21.7. The number of nitrogens with zero attached hydrogens (tertiary/aromatic N) is 2. The lowest BCUT2D eigenvalue weighted by Gasteiger charge is -2.11. The first-order chi connectivity index (χ1) is 14.3. The van der Waals surface area contributed by atoms with Gasteiger partial charge in [0.05, 0.1) is 17.5 Å². The van der Waals surface area contributed by atoms with Gasteiger partial charge in [-0.3, -0.25) is 9.36 Å². The molecule has 0 bridgehead atoms. The van der Waals surface area contributed by atoms with Crippen LogP contribution in [0.2, 0.25) is 0 Å². The average molecular weight is 450 g/mol. The summed E-state index contributed by atoms with van der Waals surface area (Å²) in [5.74, 6) is -0.574. The SMILES string of the molecule is Cc1ccc(OS(=O)OS(=O)CCn2c(O)cc(=O)n(-c3ccccc3)c2=O)cc1. The van der Waals surface area contributed by atoms with Crippen molar-refractivity contribution in [2.75, 3.05) is 5.75 Å². The van der Waals surface area contributed by atoms with Crippen molar-refractivity contribution < 1.29 is 21.3 Å². The highest BCUT2D eigenvalue weighted by Crippen LogP contribution is 2.13. The standard InChI is InChI=1S/C19H18N2O7S2/c1-14-7-9-16(10-8-14)27-30(26)28-29(25)12-11-20-17(22)13-18(23)21(19(20)24)15-5-3-2-4-6-15/h2-10,13,22H,11-12H2,1H3. The summed E-state index contributed by atoms with van der Waals surface area (Å²) >= 11 is -4.40. The average Bonchev–Trinajstić information content (AvgIpc) is 2.70. The molecule has 11 heteroatoms. The first kappa shape index (κ1) is 21.7. The van der Waals surface area contributed by atoms with Gasteiger partial charge < -0.3 is 9.29 Å². The molecule has 0 amide bonds. The van der Waals surface area contributed by atoms with Crippen LogP contribution in [0.4, 0.5) is 0 Å². The van der Waals surface area contributed by atoms with Crippen LogP contribution in [0.3, 0.4) is 0 Å². The summed E-state index contributed by atoms with van der Waals surface area (Å²) in [6.07, 6.45) is 0. The lowest BCUT2D eigenvalue weighted by Crippen LogP contribution is -2.38. The second-order valence-corrected chi connectivity index (χ2v) is 8.26. The largest absolute Gasteiger partial charge is 0.494 e. The minimum atomic E-state index is -2.32. The molecular weight excluding hydrogens is 432 g/mol. The van der Waals surface area contributed by atoms with Gasteiger partial charge in [-0.1, -0.05) is 35.9 Å². The fraction of sp³-hybridized carbons (Fsp3) is 0.158. The monoisotopic (exact) mass is 450 g/mol. The molecule has 9 nitrogen and oxygen atoms in total. The number of aryl methyl sites for hydroxylation is 1. The lowest BCUT2D eigenvalue weighted by molar-refractivity contribution is 0.401. The second-order valence-electron chi connectivity index (χ2n) is 6.12. The Bertz CT molecular complexity index is 1190. The minimum Gasteiger partial charge on any atom is -0.494 e. The van der Waals surface area contributed by atoms with Crippen molar-refractivity contribution in [3.63, 3.8) is 0 Å². The summed E-state index contributed by atoms with van der Waals surface area (Å²) in [5, 5.41) is 9.98. The highest BCUT2D eigenvalue weighted by molar-refractivity contribution is 7.91. The number of aromatic nitrogens is 2. The summed E-state index contributed by atoms with van der Waals surface area (Å²) in [5.41, 5.74) is -0.198. The van der Waals surface area contributed by atoms with Gasteiger partial charge >= 0.3 is 17.1 Å². The van der Waals surface area contributed by atoms with Crippen LogP contribution < -0.4 is 15.4 Å². The Morgan fingerprint density at radius 1 is 1.00 bits per heavy atom. The predicted molar refractivity (Wildman–Crippen MR) is 112 cm³/mol. The van der Waals surface area contributed by atoms with Crippen molar-refractivity contribution in [3.8, 4) is 17.3 Å². The number of hydrogen-bond acceptors (Lipinski definition) is 7. The third-order valence-electron chi connectivity index (χ3n) is 3.98. The predicted octanol–water partition coefficient (Wildman–Crippen LogP) is 1.35. The van der Waals surface area contributed by atoms with Gasteiger partial charge in [0.2, 0.25) is 5.88 Å². The van der Waals surface area contributed by atoms with E-state index in [0.717, 1.165) is 20.8 Å². The van der Waals surface area contributed by atoms with E-state index in [4.69, 9.17) is 7.81 Å². The van der Waals surface area contributed by atoms with E-state index in [2.05, 4.69) is 0 Å². The Balaban J connectivity index is 1.68. The molecule has 2 atom stereocenters. The van der Waals surface area contributed by atoms with Gasteiger partial charge in [-0.15, -0.1) is 0 Å². The van der Waals surface area contributed by atoms with Crippen LogP contribution in [0.5, 0.6) is 11.6 Å². The van der Waals surface area contributed by atoms with Crippen LogP contribution in [-0.4, -0.2) is 28.4 Å². The quantitative estimate of drug-likeness (QED) is 0.551. The van der Waals surface area contributed by atoms with Crippen LogP contribution in [-0.2, 0) is 32.6 Å². The van der Waals surface area contributed by atoms with Crippen molar-refractivity contribution in [1.82, 2.24) is 9.13 Å². The Morgan fingerprint density at radius 2 is 1.67 bits per heavy atom. The number of hydrogen-bond donors (Lipinski definition) is 1. The molecule has 2 aromatic carbocycles. The molecule has 3 aromatic rings. The topological polar surface area (TPSA) is 117 Å². The van der Waals surface area contributed by atoms with E-state index in [-0.39, 0.29) is 18.0 Å². The Hall–Kier alpha value is -3.02. The normalized spacial score (nSPS) is 13.0. The molecular formula is C19H18N2O7S2. The molecule has 0 saturated heterocycles. The third-order valence-corrected chi connectivity index (χ3v) is 5.88. The van der Waals surface area contributed by atoms with Crippen LogP contribution in [0, 0.1) is 6.92 Å². The van der Waals surface area contributed by atoms with E-state index in [9.17, 15) is 23.1 Å². The number of benzene rings is 2. The smallest absolute Gasteiger partial charge is 0.374 e. The molecule has 3 rings (SSSR count). The van der Waals surface area contributed by atoms with E-state index in [1.54, 1.807) is 54.6 Å². The minimum absolute atomic E-state index is 0.244. The van der Waals surface area contributed by atoms with E-state index in [0.29, 0.717) is 5.69 Å². The van der Waals surface area contributed by atoms with Crippen LogP contribution >= 0.6 is 0 Å². The number of para-hydroxylation sites is 1. The molecule has 1 heterocycles. The van der Waals surface area contributed by atoms with Crippen molar-refractivity contribution in [2.45, 2.75) is 13.5 Å². The molecule has 0 spiro atoms. The summed E-state index contributed by atoms with van der Waals surface area (Å²) in [7, 11) is 0. The fourth-order valence-electron chi connectivity index (χ4n) is 2.54. The van der Waals surface area contributed by atoms with Crippen molar-refractivity contribution >= 4 is 22.4 Å². The zero-order valence-electron chi connectivity index (χ0n) is 15.8. The van der Waals surface area contributed by atoms with Gasteiger partial charge in [-0.2, -0.15) is 7.84 Å². The molecule has 0 aliphatic rings. The van der Waals surface area contributed by atoms with Crippen molar-refractivity contribution in [3.05, 3.63) is 87.1 Å². The molecule has 1 N–H and O–H groups in total. The van der Waals surface area contributed by atoms with E-state index >= 15 is 0 Å². The maximum absolute atomic E-state index is 12.7. The molecule has 0 aliphatic carbocycles. The molecule has 0 saturated carbocycles. The van der Waals surface area contributed by atoms with Crippen LogP contribution in [0.1, 0.15) is 5.56 Å². The van der Waals surface area contributed by atoms with Gasteiger partial charge in [-0.05, 0) is 31.2 Å². The highest BCUT2D eigenvalue weighted by Gasteiger charge is 2.15. The maximum atomic E-state index is 12.7. The van der Waals surface area contributed by atoms with E-state index in [1.165, 1.54) is 0 Å². The molecule has 2 unspecified atom stereocenters. The Morgan fingerprint density at radius 3 is 2.33 bits per heavy atom. The van der Waals surface area contributed by atoms with Gasteiger partial charge in [0.1, 0.15) is 5.75 Å². The number of rotatable bonds is 8. The first-order valence-electron chi connectivity index (χ1n) is 8.70. The van der Waals surface area contributed by atoms with Gasteiger partial charge in [-0.25, -0.2) is 13.6 Å². The van der Waals surface area contributed by atoms with Crippen LogP contribution in [0.15, 0.2) is 70.3 Å². The third kappa shape index (κ3) is 5.32. The van der Waals surface area contributed by atoms with Gasteiger partial charge in [0.15, 0.2) is 11.1 Å². The summed E-state index contributed by atoms with van der Waals surface area (Å²) < 4.78 is 35.5. The van der Waals surface area contributed by atoms with Gasteiger partial charge in [0, 0.05) is 6.54 Å². The Labute approximate surface area is 176 Å². The Kier molecular flexibility index (Phi) is 6.98. The summed E-state index contributed by atoms with van der Waals surface area (Å²) in [6.45, 7) is 1.64. The maximum Gasteiger partial charge on any atom is 0.374 e. The second kappa shape index (κ2) is 9.65. The fourth-order valence-corrected chi connectivity index (χ4v) is 4.02. The molecule has 158 valence electrons.